The van der Waals surface area contributed by atoms with Gasteiger partial charge in [0.25, 0.3) is 0 Å². The zero-order chi connectivity index (χ0) is 24.4. The molecule has 1 aromatic rings. The summed E-state index contributed by atoms with van der Waals surface area (Å²) in [5, 5.41) is 44.8. The minimum absolute atomic E-state index is 0.0339. The lowest BCUT2D eigenvalue weighted by Gasteiger charge is -2.27. The van der Waals surface area contributed by atoms with Gasteiger partial charge in [0.1, 0.15) is 24.2 Å². The Labute approximate surface area is 184 Å². The minimum Gasteiger partial charge on any atom is -0.480 e. The van der Waals surface area contributed by atoms with Gasteiger partial charge >= 0.3 is 5.97 Å². The van der Waals surface area contributed by atoms with Crippen LogP contribution >= 0.6 is 0 Å². The number of carbonyl (C=O) groups excluding carboxylic acids is 3. The van der Waals surface area contributed by atoms with Crippen molar-refractivity contribution in [3.05, 3.63) is 35.9 Å². The number of benzene rings is 1. The Bertz CT molecular complexity index is 787. The first-order valence-corrected chi connectivity index (χ1v) is 9.88. The van der Waals surface area contributed by atoms with Crippen LogP contribution in [0.5, 0.6) is 0 Å². The molecule has 6 unspecified atom stereocenters. The number of aliphatic hydroxyl groups is 3. The second-order valence-electron chi connectivity index (χ2n) is 7.33. The summed E-state index contributed by atoms with van der Waals surface area (Å²) in [4.78, 5) is 48.7. The van der Waals surface area contributed by atoms with Gasteiger partial charge in [0.2, 0.25) is 17.7 Å². The number of carboxylic acid groups (broad SMARTS) is 1. The zero-order valence-electron chi connectivity index (χ0n) is 17.8. The smallest absolute Gasteiger partial charge is 0.326 e. The lowest BCUT2D eigenvalue weighted by molar-refractivity contribution is -0.143. The van der Waals surface area contributed by atoms with Crippen LogP contribution in [0.15, 0.2) is 30.3 Å². The number of carboxylic acids is 1. The predicted octanol–water partition coefficient (Wildman–Crippen LogP) is -3.15. The summed E-state index contributed by atoms with van der Waals surface area (Å²) >= 11 is 0. The van der Waals surface area contributed by atoms with Crippen molar-refractivity contribution in [2.45, 2.75) is 56.6 Å². The summed E-state index contributed by atoms with van der Waals surface area (Å²) in [5.41, 5.74) is 6.02. The third-order valence-electron chi connectivity index (χ3n) is 4.56. The molecule has 0 aromatic heterocycles. The molecule has 0 saturated carbocycles. The fourth-order valence-electron chi connectivity index (χ4n) is 2.71. The second kappa shape index (κ2) is 12.7. The Morgan fingerprint density at radius 1 is 0.875 bits per heavy atom. The molecule has 32 heavy (non-hydrogen) atoms. The Balaban J connectivity index is 2.93. The van der Waals surface area contributed by atoms with Crippen LogP contribution in [-0.4, -0.2) is 87.1 Å². The maximum Gasteiger partial charge on any atom is 0.326 e. The first kappa shape index (κ1) is 27.0. The van der Waals surface area contributed by atoms with Crippen LogP contribution in [0.3, 0.4) is 0 Å². The van der Waals surface area contributed by atoms with Crippen molar-refractivity contribution >= 4 is 23.7 Å². The molecular weight excluding hydrogens is 424 g/mol. The number of carbonyl (C=O) groups is 4. The summed E-state index contributed by atoms with van der Waals surface area (Å²) in [6.45, 7) is 1.71. The summed E-state index contributed by atoms with van der Waals surface area (Å²) < 4.78 is 0. The topological polar surface area (TPSA) is 211 Å². The van der Waals surface area contributed by atoms with Gasteiger partial charge in [-0.2, -0.15) is 0 Å². The van der Waals surface area contributed by atoms with Crippen molar-refractivity contribution in [3.63, 3.8) is 0 Å². The number of hydrogen-bond acceptors (Lipinski definition) is 8. The highest BCUT2D eigenvalue weighted by Crippen LogP contribution is 2.05. The highest BCUT2D eigenvalue weighted by atomic mass is 16.4. The van der Waals surface area contributed by atoms with Crippen LogP contribution in [0, 0.1) is 0 Å². The van der Waals surface area contributed by atoms with Gasteiger partial charge in [0.05, 0.1) is 18.8 Å². The highest BCUT2D eigenvalue weighted by Gasteiger charge is 2.34. The van der Waals surface area contributed by atoms with Gasteiger partial charge in [-0.3, -0.25) is 14.4 Å². The van der Waals surface area contributed by atoms with E-state index < -0.39 is 66.7 Å². The largest absolute Gasteiger partial charge is 0.480 e. The van der Waals surface area contributed by atoms with E-state index >= 15 is 0 Å². The van der Waals surface area contributed by atoms with E-state index in [2.05, 4.69) is 16.0 Å². The molecule has 6 atom stereocenters. The van der Waals surface area contributed by atoms with Gasteiger partial charge in [-0.05, 0) is 19.4 Å². The lowest BCUT2D eigenvalue weighted by atomic mass is 10.0. The van der Waals surface area contributed by atoms with Crippen molar-refractivity contribution in [3.8, 4) is 0 Å². The second-order valence-corrected chi connectivity index (χ2v) is 7.33. The maximum absolute atomic E-state index is 12.6. The van der Waals surface area contributed by atoms with Crippen LogP contribution in [0.4, 0.5) is 0 Å². The molecule has 0 aliphatic carbocycles. The first-order valence-electron chi connectivity index (χ1n) is 9.88. The standard InChI is InChI=1S/C20H30N4O8/c1-10(26)15(24-19(30)16(11(2)27)23-17(28)13(21)9-25)18(29)22-14(20(31)32)8-12-6-4-3-5-7-12/h3-7,10-11,13-16,25-27H,8-9,21H2,1-2H3,(H,22,29)(H,23,28)(H,24,30)(H,31,32). The third-order valence-corrected chi connectivity index (χ3v) is 4.56. The number of hydrogen-bond donors (Lipinski definition) is 8. The molecule has 1 rings (SSSR count). The highest BCUT2D eigenvalue weighted by molar-refractivity contribution is 5.94. The molecule has 0 radical (unpaired) electrons. The molecule has 3 amide bonds. The quantitative estimate of drug-likeness (QED) is 0.160. The van der Waals surface area contributed by atoms with Gasteiger partial charge in [-0.25, -0.2) is 4.79 Å². The van der Waals surface area contributed by atoms with Crippen LogP contribution in [0.25, 0.3) is 0 Å². The average Bonchev–Trinajstić information content (AvgIpc) is 2.74. The van der Waals surface area contributed by atoms with E-state index in [0.29, 0.717) is 5.56 Å². The van der Waals surface area contributed by atoms with E-state index in [-0.39, 0.29) is 6.42 Å². The molecule has 0 spiro atoms. The zero-order valence-corrected chi connectivity index (χ0v) is 17.8. The van der Waals surface area contributed by atoms with Crippen LogP contribution in [-0.2, 0) is 25.6 Å². The molecule has 0 aliphatic rings. The summed E-state index contributed by atoms with van der Waals surface area (Å²) in [6, 6.07) is 2.74. The van der Waals surface area contributed by atoms with Crippen LogP contribution in [0.2, 0.25) is 0 Å². The van der Waals surface area contributed by atoms with Crippen molar-refractivity contribution in [1.82, 2.24) is 16.0 Å². The number of amides is 3. The fourth-order valence-corrected chi connectivity index (χ4v) is 2.71. The van der Waals surface area contributed by atoms with Gasteiger partial charge in [0, 0.05) is 6.42 Å². The molecule has 0 heterocycles. The Kier molecular flexibility index (Phi) is 10.7. The molecule has 12 heteroatoms. The molecule has 0 aliphatic heterocycles. The molecule has 9 N–H and O–H groups in total. The van der Waals surface area contributed by atoms with E-state index in [9.17, 15) is 34.5 Å². The first-order chi connectivity index (χ1) is 15.0. The third kappa shape index (κ3) is 8.23. The molecular formula is C20H30N4O8. The Hall–Kier alpha value is -3.06. The van der Waals surface area contributed by atoms with Gasteiger partial charge in [-0.1, -0.05) is 30.3 Å². The number of rotatable bonds is 12. The molecule has 12 nitrogen and oxygen atoms in total. The van der Waals surface area contributed by atoms with Gasteiger partial charge in [-0.15, -0.1) is 0 Å². The van der Waals surface area contributed by atoms with E-state index in [1.54, 1.807) is 30.3 Å². The average molecular weight is 454 g/mol. The van der Waals surface area contributed by atoms with Gasteiger partial charge < -0.3 is 42.1 Å². The predicted molar refractivity (Wildman–Crippen MR) is 112 cm³/mol. The van der Waals surface area contributed by atoms with Crippen molar-refractivity contribution in [2.75, 3.05) is 6.61 Å². The summed E-state index contributed by atoms with van der Waals surface area (Å²) in [7, 11) is 0. The monoisotopic (exact) mass is 454 g/mol. The maximum atomic E-state index is 12.6. The van der Waals surface area contributed by atoms with E-state index in [4.69, 9.17) is 10.8 Å². The SMILES string of the molecule is CC(O)C(NC(=O)C(N)CO)C(=O)NC(C(=O)NC(Cc1ccccc1)C(=O)O)C(C)O. The normalized spacial score (nSPS) is 16.6. The van der Waals surface area contributed by atoms with E-state index in [1.807, 2.05) is 0 Å². The number of aliphatic carboxylic acids is 1. The molecule has 178 valence electrons. The number of aliphatic hydroxyl groups excluding tert-OH is 3. The summed E-state index contributed by atoms with van der Waals surface area (Å²) in [6.07, 6.45) is -2.88. The van der Waals surface area contributed by atoms with E-state index in [0.717, 1.165) is 0 Å². The Morgan fingerprint density at radius 3 is 1.78 bits per heavy atom. The van der Waals surface area contributed by atoms with Crippen LogP contribution < -0.4 is 21.7 Å². The number of nitrogens with two attached hydrogens (primary N) is 1. The molecule has 0 saturated heterocycles. The number of nitrogens with one attached hydrogen (secondary N) is 3. The minimum atomic E-state index is -1.58. The van der Waals surface area contributed by atoms with Gasteiger partial charge in [0.15, 0.2) is 0 Å². The van der Waals surface area contributed by atoms with Crippen molar-refractivity contribution in [2.24, 2.45) is 5.73 Å². The molecule has 0 fully saturated rings. The van der Waals surface area contributed by atoms with Crippen LogP contribution in [0.1, 0.15) is 19.4 Å². The van der Waals surface area contributed by atoms with Crippen molar-refractivity contribution < 1.29 is 39.6 Å². The van der Waals surface area contributed by atoms with Crippen molar-refractivity contribution in [1.29, 1.82) is 0 Å². The lowest BCUT2D eigenvalue weighted by Crippen LogP contribution is -2.62. The summed E-state index contributed by atoms with van der Waals surface area (Å²) in [5.74, 6) is -4.22. The Morgan fingerprint density at radius 2 is 1.34 bits per heavy atom. The molecule has 0 bridgehead atoms. The molecule has 1 aromatic carbocycles. The fraction of sp³-hybridized carbons (Fsp3) is 0.500. The van der Waals surface area contributed by atoms with E-state index in [1.165, 1.54) is 13.8 Å².